The molecule has 2 aromatic rings. The van der Waals surface area contributed by atoms with Crippen molar-refractivity contribution < 1.29 is 0 Å². The molecule has 0 aromatic carbocycles. The highest BCUT2D eigenvalue weighted by atomic mass is 32.1. The maximum absolute atomic E-state index is 4.41. The largest absolute Gasteiger partial charge is 0.195 e. The molecule has 2 rings (SSSR count). The molecule has 0 atom stereocenters. The first-order valence-corrected chi connectivity index (χ1v) is 5.27. The SMILES string of the molecule is CC(C)c1nsc2ccsc12. The Labute approximate surface area is 73.8 Å². The predicted molar refractivity (Wildman–Crippen MR) is 51.6 cm³/mol. The number of hydrogen-bond acceptors (Lipinski definition) is 3. The summed E-state index contributed by atoms with van der Waals surface area (Å²) < 4.78 is 7.12. The minimum Gasteiger partial charge on any atom is -0.195 e. The smallest absolute Gasteiger partial charge is 0.0745 e. The van der Waals surface area contributed by atoms with Crippen molar-refractivity contribution in [3.05, 3.63) is 17.1 Å². The van der Waals surface area contributed by atoms with E-state index in [2.05, 4.69) is 29.7 Å². The van der Waals surface area contributed by atoms with Gasteiger partial charge in [0.15, 0.2) is 0 Å². The molecule has 0 amide bonds. The third-order valence-corrected chi connectivity index (χ3v) is 3.54. The third-order valence-electron chi connectivity index (χ3n) is 1.65. The first kappa shape index (κ1) is 7.25. The van der Waals surface area contributed by atoms with Crippen molar-refractivity contribution in [1.82, 2.24) is 4.37 Å². The molecule has 0 bridgehead atoms. The number of aromatic nitrogens is 1. The van der Waals surface area contributed by atoms with Crippen LogP contribution in [0.15, 0.2) is 11.4 Å². The standard InChI is InChI=1S/C8H9NS2/c1-5(2)7-8-6(11-9-7)3-4-10-8/h3-5H,1-2H3. The first-order chi connectivity index (χ1) is 5.29. The van der Waals surface area contributed by atoms with Gasteiger partial charge in [-0.05, 0) is 28.9 Å². The predicted octanol–water partition coefficient (Wildman–Crippen LogP) is 3.48. The zero-order valence-corrected chi connectivity index (χ0v) is 8.13. The Kier molecular flexibility index (Phi) is 1.69. The molecule has 0 aliphatic carbocycles. The molecule has 11 heavy (non-hydrogen) atoms. The molecule has 0 N–H and O–H groups in total. The molecule has 1 nitrogen and oxygen atoms in total. The monoisotopic (exact) mass is 183 g/mol. The van der Waals surface area contributed by atoms with Crippen LogP contribution in [0.5, 0.6) is 0 Å². The van der Waals surface area contributed by atoms with Crippen LogP contribution in [0.4, 0.5) is 0 Å². The lowest BCUT2D eigenvalue weighted by molar-refractivity contribution is 0.851. The molecule has 0 unspecified atom stereocenters. The highest BCUT2D eigenvalue weighted by molar-refractivity contribution is 7.24. The maximum atomic E-state index is 4.41. The van der Waals surface area contributed by atoms with Crippen LogP contribution in [-0.2, 0) is 0 Å². The van der Waals surface area contributed by atoms with E-state index in [1.807, 2.05) is 0 Å². The van der Waals surface area contributed by atoms with E-state index in [1.54, 1.807) is 22.9 Å². The second kappa shape index (κ2) is 2.57. The van der Waals surface area contributed by atoms with Crippen LogP contribution in [0, 0.1) is 0 Å². The highest BCUT2D eigenvalue weighted by Gasteiger charge is 2.09. The second-order valence-corrected chi connectivity index (χ2v) is 4.56. The Bertz CT molecular complexity index is 359. The van der Waals surface area contributed by atoms with Gasteiger partial charge < -0.3 is 0 Å². The molecule has 0 aliphatic heterocycles. The van der Waals surface area contributed by atoms with Crippen LogP contribution in [0.25, 0.3) is 9.40 Å². The molecule has 0 saturated heterocycles. The molecule has 2 aromatic heterocycles. The van der Waals surface area contributed by atoms with Crippen LogP contribution in [-0.4, -0.2) is 4.37 Å². The van der Waals surface area contributed by atoms with Gasteiger partial charge in [-0.15, -0.1) is 11.3 Å². The minimum absolute atomic E-state index is 0.558. The van der Waals surface area contributed by atoms with Crippen LogP contribution < -0.4 is 0 Å². The summed E-state index contributed by atoms with van der Waals surface area (Å²) in [6, 6.07) is 2.14. The van der Waals surface area contributed by atoms with Crippen LogP contribution in [0.3, 0.4) is 0 Å². The normalized spacial score (nSPS) is 11.5. The van der Waals surface area contributed by atoms with E-state index in [1.165, 1.54) is 15.1 Å². The van der Waals surface area contributed by atoms with Crippen LogP contribution >= 0.6 is 22.9 Å². The molecule has 0 aliphatic rings. The van der Waals surface area contributed by atoms with Gasteiger partial charge in [-0.1, -0.05) is 13.8 Å². The lowest BCUT2D eigenvalue weighted by Crippen LogP contribution is -1.84. The van der Waals surface area contributed by atoms with E-state index in [0.717, 1.165) is 0 Å². The Morgan fingerprint density at radius 1 is 1.45 bits per heavy atom. The van der Waals surface area contributed by atoms with Gasteiger partial charge in [-0.3, -0.25) is 0 Å². The van der Waals surface area contributed by atoms with E-state index in [0.29, 0.717) is 5.92 Å². The number of hydrogen-bond donors (Lipinski definition) is 0. The lowest BCUT2D eigenvalue weighted by Gasteiger charge is -1.96. The topological polar surface area (TPSA) is 12.9 Å². The van der Waals surface area contributed by atoms with Gasteiger partial charge in [-0.25, -0.2) is 0 Å². The van der Waals surface area contributed by atoms with E-state index < -0.39 is 0 Å². The van der Waals surface area contributed by atoms with E-state index >= 15 is 0 Å². The summed E-state index contributed by atoms with van der Waals surface area (Å²) in [4.78, 5) is 0. The molecule has 3 heteroatoms. The molecule has 2 heterocycles. The van der Waals surface area contributed by atoms with Gasteiger partial charge in [-0.2, -0.15) is 4.37 Å². The van der Waals surface area contributed by atoms with E-state index in [9.17, 15) is 0 Å². The van der Waals surface area contributed by atoms with E-state index in [-0.39, 0.29) is 0 Å². The summed E-state index contributed by atoms with van der Waals surface area (Å²) >= 11 is 3.41. The fraction of sp³-hybridized carbons (Fsp3) is 0.375. The van der Waals surface area contributed by atoms with Gasteiger partial charge in [0, 0.05) is 0 Å². The van der Waals surface area contributed by atoms with Crippen molar-refractivity contribution in [2.45, 2.75) is 19.8 Å². The number of fused-ring (bicyclic) bond motifs is 1. The summed E-state index contributed by atoms with van der Waals surface area (Å²) in [5.74, 6) is 0.558. The third kappa shape index (κ3) is 1.08. The number of thiophene rings is 1. The highest BCUT2D eigenvalue weighted by Crippen LogP contribution is 2.31. The van der Waals surface area contributed by atoms with E-state index in [4.69, 9.17) is 0 Å². The Morgan fingerprint density at radius 3 is 3.00 bits per heavy atom. The molecule has 0 spiro atoms. The summed E-state index contributed by atoms with van der Waals surface area (Å²) in [7, 11) is 0. The first-order valence-electron chi connectivity index (χ1n) is 3.62. The van der Waals surface area contributed by atoms with Crippen molar-refractivity contribution in [2.75, 3.05) is 0 Å². The molecular formula is C8H9NS2. The van der Waals surface area contributed by atoms with Crippen molar-refractivity contribution in [3.8, 4) is 0 Å². The Hall–Kier alpha value is -0.410. The molecule has 0 radical (unpaired) electrons. The van der Waals surface area contributed by atoms with Crippen molar-refractivity contribution in [3.63, 3.8) is 0 Å². The van der Waals surface area contributed by atoms with Gasteiger partial charge in [0.1, 0.15) is 0 Å². The fourth-order valence-electron chi connectivity index (χ4n) is 1.06. The molecule has 0 fully saturated rings. The average Bonchev–Trinajstić information content (AvgIpc) is 2.41. The quantitative estimate of drug-likeness (QED) is 0.659. The summed E-state index contributed by atoms with van der Waals surface area (Å²) in [6.07, 6.45) is 0. The Morgan fingerprint density at radius 2 is 2.27 bits per heavy atom. The van der Waals surface area contributed by atoms with Gasteiger partial charge in [0.05, 0.1) is 15.1 Å². The zero-order valence-electron chi connectivity index (χ0n) is 6.50. The fourth-order valence-corrected chi connectivity index (χ4v) is 3.21. The van der Waals surface area contributed by atoms with Crippen molar-refractivity contribution in [2.24, 2.45) is 0 Å². The summed E-state index contributed by atoms with van der Waals surface area (Å²) in [6.45, 7) is 4.38. The molecule has 58 valence electrons. The second-order valence-electron chi connectivity index (χ2n) is 2.84. The maximum Gasteiger partial charge on any atom is 0.0745 e. The van der Waals surface area contributed by atoms with Crippen LogP contribution in [0.2, 0.25) is 0 Å². The number of rotatable bonds is 1. The van der Waals surface area contributed by atoms with Gasteiger partial charge >= 0.3 is 0 Å². The molecule has 0 saturated carbocycles. The lowest BCUT2D eigenvalue weighted by atomic mass is 10.1. The number of nitrogens with zero attached hydrogens (tertiary/aromatic N) is 1. The summed E-state index contributed by atoms with van der Waals surface area (Å²) in [5, 5.41) is 2.13. The molecular weight excluding hydrogens is 174 g/mol. The van der Waals surface area contributed by atoms with Gasteiger partial charge in [0.25, 0.3) is 0 Å². The Balaban J connectivity index is 2.68. The minimum atomic E-state index is 0.558. The van der Waals surface area contributed by atoms with Crippen LogP contribution in [0.1, 0.15) is 25.5 Å². The van der Waals surface area contributed by atoms with Crippen molar-refractivity contribution in [1.29, 1.82) is 0 Å². The van der Waals surface area contributed by atoms with Gasteiger partial charge in [0.2, 0.25) is 0 Å². The summed E-state index contributed by atoms with van der Waals surface area (Å²) in [5.41, 5.74) is 1.26. The zero-order chi connectivity index (χ0) is 7.84. The van der Waals surface area contributed by atoms with Crippen molar-refractivity contribution >= 4 is 32.3 Å². The average molecular weight is 183 g/mol.